The molecule has 0 aromatic rings. The third kappa shape index (κ3) is 36.3. The van der Waals surface area contributed by atoms with Gasteiger partial charge in [0.1, 0.15) is 159 Å². The highest BCUT2D eigenvalue weighted by Crippen LogP contribution is 2.45. The van der Waals surface area contributed by atoms with Crippen molar-refractivity contribution in [3.63, 3.8) is 0 Å². The number of aliphatic carboxylic acids is 3. The van der Waals surface area contributed by atoms with E-state index in [0.717, 1.165) is 104 Å². The van der Waals surface area contributed by atoms with E-state index in [2.05, 4.69) is 35.1 Å². The molecule has 31 N–H and O–H groups in total. The summed E-state index contributed by atoms with van der Waals surface area (Å²) in [5.41, 5.74) is 0. The Morgan fingerprint density at radius 3 is 1.26 bits per heavy atom. The minimum Gasteiger partial charge on any atom is -0.477 e. The second kappa shape index (κ2) is 63.9. The smallest absolute Gasteiger partial charge is 0.364 e. The van der Waals surface area contributed by atoms with E-state index in [0.29, 0.717) is 12.8 Å². The molecule has 53 nitrogen and oxygen atoms in total. The third-order valence-electron chi connectivity index (χ3n) is 27.7. The maximum absolute atomic E-state index is 14.7. The Bertz CT molecular complexity index is 3940. The summed E-state index contributed by atoms with van der Waals surface area (Å²) in [6, 6.07) is -9.70. The van der Waals surface area contributed by atoms with E-state index in [4.69, 9.17) is 66.3 Å². The molecule has 7 fully saturated rings. The van der Waals surface area contributed by atoms with Crippen LogP contribution in [0.15, 0.2) is 12.2 Å². The van der Waals surface area contributed by atoms with Crippen LogP contribution in [0.5, 0.6) is 0 Å². The number of amides is 5. The van der Waals surface area contributed by atoms with Crippen LogP contribution in [0.1, 0.15) is 234 Å². The van der Waals surface area contributed by atoms with Crippen LogP contribution >= 0.6 is 0 Å². The van der Waals surface area contributed by atoms with Crippen molar-refractivity contribution in [2.45, 2.75) is 477 Å². The molecule has 7 aliphatic heterocycles. The number of allylic oxidation sites excluding steroid dienone is 1. The normalized spacial score (nSPS) is 35.3. The number of unbranched alkanes of at least 4 members (excludes halogenated alkanes) is 25. The number of carboxylic acids is 3. The highest BCUT2D eigenvalue weighted by atomic mass is 16.8. The maximum Gasteiger partial charge on any atom is 0.364 e. The number of rotatable bonds is 67. The molecule has 53 heteroatoms. The fourth-order valence-corrected chi connectivity index (χ4v) is 19.4. The molecule has 0 saturated carbocycles. The maximum atomic E-state index is 14.7. The van der Waals surface area contributed by atoms with Gasteiger partial charge in [0, 0.05) is 46.5 Å². The van der Waals surface area contributed by atoms with Crippen molar-refractivity contribution in [1.29, 1.82) is 0 Å². The van der Waals surface area contributed by atoms with Crippen LogP contribution in [0, 0.1) is 0 Å². The number of nitrogens with one attached hydrogen (secondary N) is 5. The minimum absolute atomic E-state index is 0.0319. The second-order valence-electron chi connectivity index (χ2n) is 39.3. The van der Waals surface area contributed by atoms with Gasteiger partial charge in [-0.2, -0.15) is 0 Å². The molecule has 7 saturated heterocycles. The molecule has 14 unspecified atom stereocenters. The monoisotopic (exact) mass is 2140 g/mol. The van der Waals surface area contributed by atoms with Gasteiger partial charge in [-0.05, 0) is 19.3 Å². The molecule has 858 valence electrons. The summed E-state index contributed by atoms with van der Waals surface area (Å²) >= 11 is 0. The zero-order valence-corrected chi connectivity index (χ0v) is 84.4. The van der Waals surface area contributed by atoms with E-state index in [9.17, 15) is 171 Å². The number of carbonyl (C=O) groups is 8. The summed E-state index contributed by atoms with van der Waals surface area (Å²) in [7, 11) is 0. The van der Waals surface area contributed by atoms with Gasteiger partial charge < -0.3 is 226 Å². The highest BCUT2D eigenvalue weighted by molar-refractivity contribution is 5.79. The zero-order chi connectivity index (χ0) is 110. The number of aliphatic hydroxyl groups is 23. The Balaban J connectivity index is 1.30. The van der Waals surface area contributed by atoms with Gasteiger partial charge in [0.2, 0.25) is 29.5 Å². The van der Waals surface area contributed by atoms with Crippen molar-refractivity contribution >= 4 is 47.4 Å². The van der Waals surface area contributed by atoms with Gasteiger partial charge in [-0.25, -0.2) is 14.4 Å². The molecule has 40 atom stereocenters. The standard InChI is InChI=1S/C95H165N5O48/c1-6-8-10-12-14-16-18-20-21-23-25-27-29-31-33-35-63(117)99-51(52(111)34-32-30-28-26-24-22-19-17-15-13-11-9-7-2)46-135-87-77(127)75(125)79(60(43-105)138-87)141-89-78(128)85(148-95(92(133)134)38-54(113)66(97-49(4)109)84(147-95)72(122)59(42-104)144-94(91(131)132)37-55(114)67(100-64(118)45-107)83(146-94)70(120)57(116)40-102)80(61(44-106)139-89)142-86-68(98-50(5)110)81(143-88-76(126)74(124)71(121)58(41-103)137-88)73(123)62(140-86)47-136-93(90(129)130)36-53(112)65(96-48(3)108)82(145-93)69(119)56(115)39-101/h32,34,51-62,65-89,101-107,111-116,119-128H,6-31,33,35-47H2,1-5H3,(H,96,108)(H,97,109)(H,98,110)(H,99,117)(H,100,118)(H,129,130)(H,131,132)(H,133,134)/b34-32+/t51-,52+,53?,54?,55?,56+,57+,58?,59+,60?,61?,62?,65+,66+,67+,68?,69+,70+,71-,72+,73-,74-,75+,76?,77?,78?,79+,80-,81+,82?,83?,84?,85+,86-,87+,88-,89-,93+,94+,95-/m0/s1. The van der Waals surface area contributed by atoms with E-state index in [1.54, 1.807) is 6.08 Å². The van der Waals surface area contributed by atoms with Crippen molar-refractivity contribution in [3.05, 3.63) is 12.2 Å². The van der Waals surface area contributed by atoms with Gasteiger partial charge in [-0.1, -0.05) is 180 Å². The summed E-state index contributed by atoms with van der Waals surface area (Å²) in [6.45, 7) is -4.81. The first-order valence-corrected chi connectivity index (χ1v) is 51.5. The summed E-state index contributed by atoms with van der Waals surface area (Å²) in [6.07, 6.45) is -49.4. The van der Waals surface area contributed by atoms with Crippen molar-refractivity contribution < 1.29 is 237 Å². The van der Waals surface area contributed by atoms with Crippen LogP contribution in [-0.4, -0.2) is 483 Å². The summed E-state index contributed by atoms with van der Waals surface area (Å²) < 4.78 is 84.9. The molecule has 0 radical (unpaired) electrons. The average Bonchev–Trinajstić information content (AvgIpc) is 0.739. The number of carboxylic acid groups (broad SMARTS) is 3. The zero-order valence-electron chi connectivity index (χ0n) is 84.4. The van der Waals surface area contributed by atoms with Gasteiger partial charge in [0.05, 0.1) is 101 Å². The molecular formula is C95H165N5O48. The van der Waals surface area contributed by atoms with Crippen LogP contribution in [0.25, 0.3) is 0 Å². The molecule has 0 bridgehead atoms. The lowest BCUT2D eigenvalue weighted by Crippen LogP contribution is -2.73. The van der Waals surface area contributed by atoms with Crippen molar-refractivity contribution in [2.75, 3.05) is 59.5 Å². The molecule has 0 spiro atoms. The lowest BCUT2D eigenvalue weighted by Gasteiger charge is -2.53. The number of hydrogen-bond donors (Lipinski definition) is 31. The molecule has 7 aliphatic rings. The number of ether oxygens (including phenoxy) is 14. The van der Waals surface area contributed by atoms with Crippen LogP contribution in [-0.2, 0) is 105 Å². The Labute approximate surface area is 857 Å². The second-order valence-corrected chi connectivity index (χ2v) is 39.3. The lowest BCUT2D eigenvalue weighted by atomic mass is 9.87. The van der Waals surface area contributed by atoms with E-state index in [1.165, 1.54) is 83.1 Å². The number of aliphatic hydroxyl groups excluding tert-OH is 23. The fraction of sp³-hybridized carbons (Fsp3) is 0.895. The van der Waals surface area contributed by atoms with Crippen LogP contribution in [0.4, 0.5) is 0 Å². The Morgan fingerprint density at radius 1 is 0.385 bits per heavy atom. The van der Waals surface area contributed by atoms with E-state index < -0.39 is 370 Å². The van der Waals surface area contributed by atoms with Gasteiger partial charge in [-0.15, -0.1) is 0 Å². The average molecular weight is 2150 g/mol. The van der Waals surface area contributed by atoms with Gasteiger partial charge >= 0.3 is 17.9 Å². The minimum atomic E-state index is -3.88. The van der Waals surface area contributed by atoms with Crippen LogP contribution in [0.2, 0.25) is 0 Å². The van der Waals surface area contributed by atoms with E-state index in [1.807, 2.05) is 5.32 Å². The first-order chi connectivity index (χ1) is 70.4. The molecule has 0 aliphatic carbocycles. The molecule has 0 aromatic heterocycles. The first kappa shape index (κ1) is 129. The molecule has 0 aromatic carbocycles. The molecular weight excluding hydrogens is 1980 g/mol. The highest BCUT2D eigenvalue weighted by Gasteiger charge is 2.66. The number of hydrogen-bond acceptors (Lipinski definition) is 45. The fourth-order valence-electron chi connectivity index (χ4n) is 19.4. The summed E-state index contributed by atoms with van der Waals surface area (Å²) in [5, 5.41) is 308. The SMILES string of the molecule is CCCCCCCCCCCCC/C=C/[C@@H](O)[C@H](CO[C@@H]1OC(CO)[C@@H](O[C@@H]2OC(CO)[C@H](O[C@@H]3OC(CO[C@]4(C(=O)O)CC(O)[C@@H](NC(C)=O)C([C@H](O)[C@H](O)CO)O4)[C@H](O)[C@H](O[C@@H]4OC(CO)[C@H](O)[C@H](O)C4O)C3NC(C)=O)[C@H](O[C@]3(C(=O)O)CC(O)[C@@H](NC(C)=O)C([C@H](O)[C@@H](CO)O[C@]4(C(=O)O)CC(O)[C@@H](NC(=O)CO)C([C@H](O)[C@H](O)CO)O4)O3)C2O)[C@H](O)C1O)NC(=O)CCCCCCCCCCCCCCCCC. The van der Waals surface area contributed by atoms with E-state index in [-0.39, 0.29) is 6.42 Å². The van der Waals surface area contributed by atoms with Gasteiger partial charge in [0.25, 0.3) is 17.4 Å². The molecule has 5 amide bonds. The number of carbonyl (C=O) groups excluding carboxylic acids is 5. The first-order valence-electron chi connectivity index (χ1n) is 51.5. The largest absolute Gasteiger partial charge is 0.477 e. The predicted octanol–water partition coefficient (Wildman–Crippen LogP) is -7.72. The van der Waals surface area contributed by atoms with Crippen molar-refractivity contribution in [3.8, 4) is 0 Å². The third-order valence-corrected chi connectivity index (χ3v) is 27.7. The van der Waals surface area contributed by atoms with Crippen molar-refractivity contribution in [1.82, 2.24) is 26.6 Å². The topological polar surface area (TPSA) is 852 Å². The molecule has 7 rings (SSSR count). The van der Waals surface area contributed by atoms with Crippen LogP contribution in [0.3, 0.4) is 0 Å². The lowest BCUT2D eigenvalue weighted by molar-refractivity contribution is -0.405. The summed E-state index contributed by atoms with van der Waals surface area (Å²) in [4.78, 5) is 108. The molecule has 148 heavy (non-hydrogen) atoms. The molecule has 7 heterocycles. The Morgan fingerprint density at radius 2 is 0.784 bits per heavy atom. The Kier molecular flexibility index (Phi) is 55.6. The van der Waals surface area contributed by atoms with Crippen LogP contribution < -0.4 is 26.6 Å². The van der Waals surface area contributed by atoms with E-state index >= 15 is 0 Å². The van der Waals surface area contributed by atoms with Crippen molar-refractivity contribution in [2.24, 2.45) is 0 Å². The predicted molar refractivity (Wildman–Crippen MR) is 503 cm³/mol. The van der Waals surface area contributed by atoms with Gasteiger partial charge in [0.15, 0.2) is 25.2 Å². The summed E-state index contributed by atoms with van der Waals surface area (Å²) in [5.74, 6) is -22.8. The quantitative estimate of drug-likeness (QED) is 0.0199. The van der Waals surface area contributed by atoms with Gasteiger partial charge in [-0.3, -0.25) is 24.0 Å². The Hall–Kier alpha value is -5.98.